The minimum Gasteiger partial charge on any atom is -0.465 e. The van der Waals surface area contributed by atoms with Gasteiger partial charge in [-0.1, -0.05) is 0 Å². The monoisotopic (exact) mass is 352 g/mol. The molecular weight excluding hydrogens is 324 g/mol. The number of hydrogen-bond donors (Lipinski definition) is 0. The minimum atomic E-state index is -0.292. The summed E-state index contributed by atoms with van der Waals surface area (Å²) in [6.45, 7) is 4.79. The van der Waals surface area contributed by atoms with Crippen molar-refractivity contribution in [1.29, 1.82) is 0 Å². The van der Waals surface area contributed by atoms with Crippen LogP contribution < -0.4 is 0 Å². The van der Waals surface area contributed by atoms with Crippen molar-refractivity contribution in [2.75, 3.05) is 13.2 Å². The molecule has 0 bridgehead atoms. The highest BCUT2D eigenvalue weighted by atomic mass is 16.6. The van der Waals surface area contributed by atoms with E-state index < -0.39 is 0 Å². The second-order valence-corrected chi connectivity index (χ2v) is 8.55. The third-order valence-electron chi connectivity index (χ3n) is 6.52. The molecule has 0 N–H and O–H groups in total. The zero-order valence-corrected chi connectivity index (χ0v) is 15.1. The highest BCUT2D eigenvalue weighted by molar-refractivity contribution is 5.74. The molecule has 2 saturated heterocycles. The summed E-state index contributed by atoms with van der Waals surface area (Å²) in [7, 11) is 0. The number of ether oxygens (including phenoxy) is 4. The molecule has 6 unspecified atom stereocenters. The molecule has 2 heterocycles. The molecule has 4 aliphatic rings. The summed E-state index contributed by atoms with van der Waals surface area (Å²) >= 11 is 0. The molecular formula is C19H28O6. The smallest absolute Gasteiger partial charge is 0.309 e. The van der Waals surface area contributed by atoms with Crippen molar-refractivity contribution in [3.05, 3.63) is 0 Å². The van der Waals surface area contributed by atoms with E-state index in [2.05, 4.69) is 13.8 Å². The molecule has 2 aliphatic heterocycles. The second-order valence-electron chi connectivity index (χ2n) is 8.55. The highest BCUT2D eigenvalue weighted by Gasteiger charge is 2.56. The Labute approximate surface area is 148 Å². The third-order valence-corrected chi connectivity index (χ3v) is 6.52. The molecule has 6 nitrogen and oxygen atoms in total. The number of rotatable bonds is 6. The van der Waals surface area contributed by atoms with Gasteiger partial charge in [-0.3, -0.25) is 9.59 Å². The van der Waals surface area contributed by atoms with Gasteiger partial charge < -0.3 is 18.9 Å². The quantitative estimate of drug-likeness (QED) is 0.539. The van der Waals surface area contributed by atoms with E-state index in [1.54, 1.807) is 0 Å². The van der Waals surface area contributed by atoms with Crippen LogP contribution in [0.5, 0.6) is 0 Å². The first-order valence-electron chi connectivity index (χ1n) is 9.56. The zero-order chi connectivity index (χ0) is 17.7. The van der Waals surface area contributed by atoms with Crippen LogP contribution in [-0.4, -0.2) is 48.6 Å². The van der Waals surface area contributed by atoms with Crippen LogP contribution >= 0.6 is 0 Å². The molecule has 4 fully saturated rings. The Kier molecular flexibility index (Phi) is 4.31. The van der Waals surface area contributed by atoms with E-state index in [1.807, 2.05) is 0 Å². The molecule has 6 heteroatoms. The van der Waals surface area contributed by atoms with Gasteiger partial charge in [-0.05, 0) is 58.3 Å². The predicted molar refractivity (Wildman–Crippen MR) is 87.8 cm³/mol. The topological polar surface area (TPSA) is 77.7 Å². The fourth-order valence-corrected chi connectivity index (χ4v) is 4.37. The van der Waals surface area contributed by atoms with Gasteiger partial charge in [-0.2, -0.15) is 0 Å². The number of carbonyl (C=O) groups excluding carboxylic acids is 2. The van der Waals surface area contributed by atoms with Crippen LogP contribution in [0.25, 0.3) is 0 Å². The molecule has 25 heavy (non-hydrogen) atoms. The molecule has 0 radical (unpaired) electrons. The van der Waals surface area contributed by atoms with Crippen LogP contribution in [-0.2, 0) is 28.5 Å². The van der Waals surface area contributed by atoms with Crippen LogP contribution in [0.15, 0.2) is 0 Å². The molecule has 0 aromatic rings. The van der Waals surface area contributed by atoms with Crippen molar-refractivity contribution in [2.24, 2.45) is 11.8 Å². The van der Waals surface area contributed by atoms with E-state index in [-0.39, 0.29) is 48.2 Å². The maximum absolute atomic E-state index is 12.1. The summed E-state index contributed by atoms with van der Waals surface area (Å²) in [6.07, 6.45) is 6.19. The third kappa shape index (κ3) is 3.70. The van der Waals surface area contributed by atoms with Crippen molar-refractivity contribution in [3.63, 3.8) is 0 Å². The fourth-order valence-electron chi connectivity index (χ4n) is 4.37. The van der Waals surface area contributed by atoms with Crippen molar-refractivity contribution >= 4 is 11.9 Å². The molecule has 2 aliphatic carbocycles. The second kappa shape index (κ2) is 6.23. The summed E-state index contributed by atoms with van der Waals surface area (Å²) < 4.78 is 21.9. The first-order chi connectivity index (χ1) is 11.9. The lowest BCUT2D eigenvalue weighted by molar-refractivity contribution is -0.153. The van der Waals surface area contributed by atoms with Gasteiger partial charge in [-0.15, -0.1) is 0 Å². The molecule has 4 rings (SSSR count). The normalized spacial score (nSPS) is 44.2. The molecule has 140 valence electrons. The van der Waals surface area contributed by atoms with Crippen molar-refractivity contribution in [2.45, 2.75) is 82.2 Å². The Hall–Kier alpha value is -1.14. The molecule has 2 saturated carbocycles. The largest absolute Gasteiger partial charge is 0.465 e. The summed E-state index contributed by atoms with van der Waals surface area (Å²) in [5.41, 5.74) is 0.0966. The zero-order valence-electron chi connectivity index (χ0n) is 15.1. The lowest BCUT2D eigenvalue weighted by Gasteiger charge is -2.22. The Bertz CT molecular complexity index is 562. The standard InChI is InChI=1S/C19H28O6/c1-18-6-3-12(9-14(18)24-18)11-23-16(20)5-8-22-17(21)13-4-7-19(2)15(10-13)25-19/h12-15H,3-11H2,1-2H3. The number of carbonyl (C=O) groups is 2. The molecule has 6 atom stereocenters. The van der Waals surface area contributed by atoms with Gasteiger partial charge in [0.05, 0.1) is 42.4 Å². The van der Waals surface area contributed by atoms with Gasteiger partial charge >= 0.3 is 11.9 Å². The molecule has 0 aromatic carbocycles. The summed E-state index contributed by atoms with van der Waals surface area (Å²) in [5.74, 6) is -0.198. The maximum atomic E-state index is 12.1. The van der Waals surface area contributed by atoms with E-state index >= 15 is 0 Å². The summed E-state index contributed by atoms with van der Waals surface area (Å²) in [4.78, 5) is 23.9. The Morgan fingerprint density at radius 2 is 1.68 bits per heavy atom. The van der Waals surface area contributed by atoms with Gasteiger partial charge in [0.15, 0.2) is 0 Å². The van der Waals surface area contributed by atoms with Crippen LogP contribution in [0.2, 0.25) is 0 Å². The van der Waals surface area contributed by atoms with Crippen LogP contribution in [0.4, 0.5) is 0 Å². The molecule has 0 spiro atoms. The Morgan fingerprint density at radius 1 is 1.00 bits per heavy atom. The van der Waals surface area contributed by atoms with E-state index in [9.17, 15) is 9.59 Å². The van der Waals surface area contributed by atoms with Crippen LogP contribution in [0, 0.1) is 11.8 Å². The first-order valence-corrected chi connectivity index (χ1v) is 9.56. The first kappa shape index (κ1) is 17.3. The SMILES string of the molecule is CC12CCC(COC(=O)CCOC(=O)C3CCC4(C)OC4C3)CC1O2. The number of fused-ring (bicyclic) bond motifs is 2. The lowest BCUT2D eigenvalue weighted by atomic mass is 9.83. The van der Waals surface area contributed by atoms with Gasteiger partial charge in [-0.25, -0.2) is 0 Å². The van der Waals surface area contributed by atoms with Gasteiger partial charge in [0.1, 0.15) is 6.61 Å². The van der Waals surface area contributed by atoms with Gasteiger partial charge in [0, 0.05) is 0 Å². The fraction of sp³-hybridized carbons (Fsp3) is 0.895. The van der Waals surface area contributed by atoms with Crippen molar-refractivity contribution in [1.82, 2.24) is 0 Å². The van der Waals surface area contributed by atoms with Gasteiger partial charge in [0.2, 0.25) is 0 Å². The van der Waals surface area contributed by atoms with E-state index in [1.165, 1.54) is 0 Å². The number of hydrogen-bond acceptors (Lipinski definition) is 6. The average Bonchev–Trinajstić information content (AvgIpc) is 3.44. The summed E-state index contributed by atoms with van der Waals surface area (Å²) in [6, 6.07) is 0. The predicted octanol–water partition coefficient (Wildman–Crippen LogP) is 2.38. The van der Waals surface area contributed by atoms with E-state index in [0.29, 0.717) is 18.6 Å². The number of epoxide rings is 2. The molecule has 0 amide bonds. The van der Waals surface area contributed by atoms with Crippen LogP contribution in [0.1, 0.15) is 58.8 Å². The van der Waals surface area contributed by atoms with Crippen molar-refractivity contribution < 1.29 is 28.5 Å². The minimum absolute atomic E-state index is 0.00263. The molecule has 0 aromatic heterocycles. The van der Waals surface area contributed by atoms with Crippen LogP contribution in [0.3, 0.4) is 0 Å². The highest BCUT2D eigenvalue weighted by Crippen LogP contribution is 2.50. The Balaban J connectivity index is 1.09. The maximum Gasteiger partial charge on any atom is 0.309 e. The number of esters is 2. The van der Waals surface area contributed by atoms with E-state index in [0.717, 1.165) is 38.5 Å². The van der Waals surface area contributed by atoms with Gasteiger partial charge in [0.25, 0.3) is 0 Å². The van der Waals surface area contributed by atoms with Crippen molar-refractivity contribution in [3.8, 4) is 0 Å². The summed E-state index contributed by atoms with van der Waals surface area (Å²) in [5, 5.41) is 0. The Morgan fingerprint density at radius 3 is 2.36 bits per heavy atom. The lowest BCUT2D eigenvalue weighted by Crippen LogP contribution is -2.28. The van der Waals surface area contributed by atoms with E-state index in [4.69, 9.17) is 18.9 Å². The average molecular weight is 352 g/mol.